The van der Waals surface area contributed by atoms with Crippen LogP contribution in [0.3, 0.4) is 0 Å². The smallest absolute Gasteiger partial charge is 0.0630 e. The highest BCUT2D eigenvalue weighted by atomic mass is 79.9. The number of nitrogens with one attached hydrogen (secondary N) is 1. The van der Waals surface area contributed by atoms with Gasteiger partial charge in [-0.05, 0) is 40.5 Å². The summed E-state index contributed by atoms with van der Waals surface area (Å²) in [4.78, 5) is 0. The van der Waals surface area contributed by atoms with Gasteiger partial charge < -0.3 is 10.4 Å². The summed E-state index contributed by atoms with van der Waals surface area (Å²) in [6.07, 6.45) is 0.582. The number of anilines is 1. The fourth-order valence-electron chi connectivity index (χ4n) is 1.94. The summed E-state index contributed by atoms with van der Waals surface area (Å²) in [5.74, 6) is 0. The molecule has 2 rings (SSSR count). The van der Waals surface area contributed by atoms with Gasteiger partial charge in [-0.25, -0.2) is 0 Å². The SMILES string of the molecule is CC1(C)C(O)CC1Nc1ccc(Cl)cc1Br. The Labute approximate surface area is 109 Å². The second kappa shape index (κ2) is 4.21. The molecule has 2 unspecified atom stereocenters. The molecule has 1 fully saturated rings. The van der Waals surface area contributed by atoms with Crippen LogP contribution in [0.25, 0.3) is 0 Å². The molecular formula is C12H15BrClNO. The molecule has 1 aliphatic rings. The van der Waals surface area contributed by atoms with Crippen molar-refractivity contribution in [2.24, 2.45) is 5.41 Å². The van der Waals surface area contributed by atoms with Gasteiger partial charge in [-0.3, -0.25) is 0 Å². The molecule has 0 radical (unpaired) electrons. The Hall–Kier alpha value is -0.250. The van der Waals surface area contributed by atoms with Gasteiger partial charge in [0.05, 0.1) is 6.10 Å². The normalized spacial score (nSPS) is 27.3. The molecule has 1 aliphatic carbocycles. The molecule has 2 nitrogen and oxygen atoms in total. The number of hydrogen-bond donors (Lipinski definition) is 2. The molecule has 88 valence electrons. The summed E-state index contributed by atoms with van der Waals surface area (Å²) in [7, 11) is 0. The van der Waals surface area contributed by atoms with Crippen LogP contribution < -0.4 is 5.32 Å². The maximum atomic E-state index is 9.66. The van der Waals surface area contributed by atoms with Crippen LogP contribution in [0.4, 0.5) is 5.69 Å². The van der Waals surface area contributed by atoms with Crippen molar-refractivity contribution in [2.75, 3.05) is 5.32 Å². The molecule has 0 aromatic heterocycles. The third kappa shape index (κ3) is 2.08. The van der Waals surface area contributed by atoms with Gasteiger partial charge in [0, 0.05) is 26.6 Å². The highest BCUT2D eigenvalue weighted by Crippen LogP contribution is 2.43. The quantitative estimate of drug-likeness (QED) is 0.873. The third-order valence-electron chi connectivity index (χ3n) is 3.48. The summed E-state index contributed by atoms with van der Waals surface area (Å²) in [6, 6.07) is 5.98. The van der Waals surface area contributed by atoms with E-state index in [2.05, 4.69) is 35.1 Å². The lowest BCUT2D eigenvalue weighted by Crippen LogP contribution is -2.56. The maximum absolute atomic E-state index is 9.66. The first kappa shape index (κ1) is 12.2. The predicted molar refractivity (Wildman–Crippen MR) is 71.0 cm³/mol. The van der Waals surface area contributed by atoms with Gasteiger partial charge in [0.15, 0.2) is 0 Å². The fourth-order valence-corrected chi connectivity index (χ4v) is 2.74. The first-order chi connectivity index (χ1) is 7.41. The largest absolute Gasteiger partial charge is 0.392 e. The summed E-state index contributed by atoms with van der Waals surface area (Å²) >= 11 is 9.35. The van der Waals surface area contributed by atoms with Gasteiger partial charge in [0.1, 0.15) is 0 Å². The molecule has 0 heterocycles. The number of halogens is 2. The summed E-state index contributed by atoms with van der Waals surface area (Å²) in [5, 5.41) is 13.8. The molecule has 0 spiro atoms. The van der Waals surface area contributed by atoms with Crippen LogP contribution in [-0.4, -0.2) is 17.3 Å². The molecule has 1 saturated carbocycles. The van der Waals surface area contributed by atoms with Gasteiger partial charge >= 0.3 is 0 Å². The van der Waals surface area contributed by atoms with Crippen molar-refractivity contribution >= 4 is 33.2 Å². The van der Waals surface area contributed by atoms with Crippen LogP contribution in [0.2, 0.25) is 5.02 Å². The predicted octanol–water partition coefficient (Wildman–Crippen LogP) is 3.67. The Morgan fingerprint density at radius 3 is 2.69 bits per heavy atom. The van der Waals surface area contributed by atoms with E-state index >= 15 is 0 Å². The van der Waals surface area contributed by atoms with Crippen LogP contribution in [-0.2, 0) is 0 Å². The van der Waals surface area contributed by atoms with Crippen molar-refractivity contribution in [3.8, 4) is 0 Å². The van der Waals surface area contributed by atoms with E-state index in [0.717, 1.165) is 16.6 Å². The van der Waals surface area contributed by atoms with Crippen LogP contribution in [0.1, 0.15) is 20.3 Å². The first-order valence-electron chi connectivity index (χ1n) is 5.31. The lowest BCUT2D eigenvalue weighted by atomic mass is 9.64. The van der Waals surface area contributed by atoms with Crippen LogP contribution >= 0.6 is 27.5 Å². The van der Waals surface area contributed by atoms with Crippen molar-refractivity contribution in [3.63, 3.8) is 0 Å². The first-order valence-corrected chi connectivity index (χ1v) is 6.48. The molecule has 16 heavy (non-hydrogen) atoms. The molecule has 1 aromatic carbocycles. The fraction of sp³-hybridized carbons (Fsp3) is 0.500. The van der Waals surface area contributed by atoms with E-state index in [1.165, 1.54) is 0 Å². The zero-order valence-corrected chi connectivity index (χ0v) is 11.6. The second-order valence-corrected chi connectivity index (χ2v) is 6.18. The van der Waals surface area contributed by atoms with E-state index in [-0.39, 0.29) is 11.5 Å². The molecule has 2 atom stereocenters. The van der Waals surface area contributed by atoms with Crippen molar-refractivity contribution in [1.82, 2.24) is 0 Å². The highest BCUT2D eigenvalue weighted by Gasteiger charge is 2.47. The molecule has 0 bridgehead atoms. The van der Waals surface area contributed by atoms with Crippen LogP contribution in [0.5, 0.6) is 0 Å². The van der Waals surface area contributed by atoms with E-state index in [1.807, 2.05) is 18.2 Å². The number of aliphatic hydroxyl groups is 1. The minimum Gasteiger partial charge on any atom is -0.392 e. The van der Waals surface area contributed by atoms with E-state index in [9.17, 15) is 5.11 Å². The average Bonchev–Trinajstić information content (AvgIpc) is 2.21. The zero-order chi connectivity index (χ0) is 11.9. The van der Waals surface area contributed by atoms with Gasteiger partial charge in [0.2, 0.25) is 0 Å². The zero-order valence-electron chi connectivity index (χ0n) is 9.30. The topological polar surface area (TPSA) is 32.3 Å². The number of benzene rings is 1. The highest BCUT2D eigenvalue weighted by molar-refractivity contribution is 9.10. The summed E-state index contributed by atoms with van der Waals surface area (Å²) < 4.78 is 0.956. The summed E-state index contributed by atoms with van der Waals surface area (Å²) in [5.41, 5.74) is 0.952. The van der Waals surface area contributed by atoms with E-state index in [4.69, 9.17) is 11.6 Å². The number of hydrogen-bond acceptors (Lipinski definition) is 2. The lowest BCUT2D eigenvalue weighted by Gasteiger charge is -2.50. The number of rotatable bonds is 2. The Kier molecular flexibility index (Phi) is 3.21. The third-order valence-corrected chi connectivity index (χ3v) is 4.37. The van der Waals surface area contributed by atoms with Crippen molar-refractivity contribution in [2.45, 2.75) is 32.4 Å². The molecule has 0 aliphatic heterocycles. The second-order valence-electron chi connectivity index (χ2n) is 4.89. The average molecular weight is 305 g/mol. The Balaban J connectivity index is 2.11. The van der Waals surface area contributed by atoms with E-state index < -0.39 is 0 Å². The monoisotopic (exact) mass is 303 g/mol. The number of aliphatic hydroxyl groups excluding tert-OH is 1. The van der Waals surface area contributed by atoms with E-state index in [1.54, 1.807) is 0 Å². The maximum Gasteiger partial charge on any atom is 0.0630 e. The molecule has 0 amide bonds. The Morgan fingerprint density at radius 1 is 1.50 bits per heavy atom. The van der Waals surface area contributed by atoms with E-state index in [0.29, 0.717) is 11.1 Å². The van der Waals surface area contributed by atoms with Crippen molar-refractivity contribution < 1.29 is 5.11 Å². The Morgan fingerprint density at radius 2 is 2.19 bits per heavy atom. The van der Waals surface area contributed by atoms with Crippen molar-refractivity contribution in [1.29, 1.82) is 0 Å². The molecule has 2 N–H and O–H groups in total. The molecule has 0 saturated heterocycles. The molecule has 1 aromatic rings. The molecule has 4 heteroatoms. The van der Waals surface area contributed by atoms with Crippen LogP contribution in [0.15, 0.2) is 22.7 Å². The minimum atomic E-state index is -0.212. The molecular weight excluding hydrogens is 289 g/mol. The Bertz CT molecular complexity index is 408. The summed E-state index contributed by atoms with van der Waals surface area (Å²) in [6.45, 7) is 4.14. The van der Waals surface area contributed by atoms with Crippen molar-refractivity contribution in [3.05, 3.63) is 27.7 Å². The lowest BCUT2D eigenvalue weighted by molar-refractivity contribution is -0.0510. The minimum absolute atomic E-state index is 0.0704. The van der Waals surface area contributed by atoms with Gasteiger partial charge in [0.25, 0.3) is 0 Å². The van der Waals surface area contributed by atoms with Gasteiger partial charge in [-0.2, -0.15) is 0 Å². The van der Waals surface area contributed by atoms with Crippen LogP contribution in [0, 0.1) is 5.41 Å². The standard InChI is InChI=1S/C12H15BrClNO/c1-12(2)10(6-11(12)16)15-9-4-3-7(14)5-8(9)13/h3-5,10-11,15-16H,6H2,1-2H3. The van der Waals surface area contributed by atoms with Gasteiger partial charge in [-0.1, -0.05) is 25.4 Å². The van der Waals surface area contributed by atoms with Gasteiger partial charge in [-0.15, -0.1) is 0 Å².